The molecule has 0 spiro atoms. The number of methoxy groups -OCH3 is 1. The molecule has 1 aromatic rings. The molecule has 2 atom stereocenters. The first-order valence-electron chi connectivity index (χ1n) is 7.03. The maximum atomic E-state index is 12.3. The van der Waals surface area contributed by atoms with Gasteiger partial charge in [-0.15, -0.1) is 0 Å². The van der Waals surface area contributed by atoms with Crippen LogP contribution in [0.3, 0.4) is 0 Å². The number of aryl methyl sites for hydroxylation is 1. The van der Waals surface area contributed by atoms with E-state index in [4.69, 9.17) is 4.74 Å². The Morgan fingerprint density at radius 1 is 1.33 bits per heavy atom. The highest BCUT2D eigenvalue weighted by atomic mass is 79.9. The molecule has 0 saturated heterocycles. The van der Waals surface area contributed by atoms with Crippen LogP contribution < -0.4 is 5.32 Å². The van der Waals surface area contributed by atoms with Gasteiger partial charge >= 0.3 is 5.97 Å². The third-order valence-corrected chi connectivity index (χ3v) is 4.69. The van der Waals surface area contributed by atoms with Gasteiger partial charge < -0.3 is 10.1 Å². The third kappa shape index (κ3) is 4.03. The van der Waals surface area contributed by atoms with Crippen LogP contribution in [0.15, 0.2) is 16.6 Å². The predicted molar refractivity (Wildman–Crippen MR) is 82.8 cm³/mol. The van der Waals surface area contributed by atoms with Crippen molar-refractivity contribution in [2.75, 3.05) is 12.4 Å². The number of aromatic nitrogens is 1. The zero-order valence-corrected chi connectivity index (χ0v) is 13.8. The minimum absolute atomic E-state index is 0.0715. The van der Waals surface area contributed by atoms with Gasteiger partial charge in [-0.05, 0) is 54.2 Å². The quantitative estimate of drug-likeness (QED) is 0.847. The average Bonchev–Trinajstić information content (AvgIpc) is 2.50. The first kappa shape index (κ1) is 15.9. The van der Waals surface area contributed by atoms with Crippen LogP contribution in [0, 0.1) is 18.8 Å². The van der Waals surface area contributed by atoms with Crippen molar-refractivity contribution < 1.29 is 14.3 Å². The van der Waals surface area contributed by atoms with Gasteiger partial charge in [0.25, 0.3) is 0 Å². The van der Waals surface area contributed by atoms with Gasteiger partial charge in [-0.25, -0.2) is 4.98 Å². The van der Waals surface area contributed by atoms with Crippen molar-refractivity contribution in [1.82, 2.24) is 4.98 Å². The van der Waals surface area contributed by atoms with E-state index in [-0.39, 0.29) is 23.7 Å². The second kappa shape index (κ2) is 7.02. The van der Waals surface area contributed by atoms with Gasteiger partial charge in [0.1, 0.15) is 5.82 Å². The Bertz CT molecular complexity index is 548. The fourth-order valence-corrected chi connectivity index (χ4v) is 2.87. The molecule has 1 N–H and O–H groups in total. The summed E-state index contributed by atoms with van der Waals surface area (Å²) in [6.07, 6.45) is 3.01. The van der Waals surface area contributed by atoms with Crippen LogP contribution in [0.2, 0.25) is 0 Å². The molecule has 0 aliphatic heterocycles. The first-order chi connectivity index (χ1) is 10.0. The largest absolute Gasteiger partial charge is 0.469 e. The lowest BCUT2D eigenvalue weighted by Gasteiger charge is -2.26. The molecular formula is C15H19BrN2O3. The van der Waals surface area contributed by atoms with Gasteiger partial charge in [-0.3, -0.25) is 9.59 Å². The van der Waals surface area contributed by atoms with E-state index in [1.54, 1.807) is 6.07 Å². The molecule has 1 aliphatic rings. The summed E-state index contributed by atoms with van der Waals surface area (Å²) in [5.41, 5.74) is 0.823. The number of amides is 1. The summed E-state index contributed by atoms with van der Waals surface area (Å²) >= 11 is 3.38. The Morgan fingerprint density at radius 2 is 2.05 bits per heavy atom. The minimum atomic E-state index is -0.217. The van der Waals surface area contributed by atoms with E-state index in [1.807, 2.05) is 13.0 Å². The van der Waals surface area contributed by atoms with Gasteiger partial charge in [0.15, 0.2) is 0 Å². The lowest BCUT2D eigenvalue weighted by Crippen LogP contribution is -2.31. The molecule has 114 valence electrons. The van der Waals surface area contributed by atoms with E-state index in [2.05, 4.69) is 26.2 Å². The number of pyridine rings is 1. The molecule has 2 rings (SSSR count). The monoisotopic (exact) mass is 354 g/mol. The Labute approximate surface area is 132 Å². The number of esters is 1. The number of halogens is 1. The van der Waals surface area contributed by atoms with E-state index in [9.17, 15) is 9.59 Å². The Kier molecular flexibility index (Phi) is 5.33. The molecular weight excluding hydrogens is 336 g/mol. The van der Waals surface area contributed by atoms with Crippen LogP contribution in [-0.2, 0) is 14.3 Å². The number of hydrogen-bond donors (Lipinski definition) is 1. The molecule has 1 aliphatic carbocycles. The normalized spacial score (nSPS) is 21.7. The van der Waals surface area contributed by atoms with Crippen molar-refractivity contribution in [3.8, 4) is 0 Å². The highest BCUT2D eigenvalue weighted by Crippen LogP contribution is 2.30. The number of anilines is 1. The van der Waals surface area contributed by atoms with E-state index >= 15 is 0 Å². The standard InChI is InChI=1S/C15H19BrN2O3/c1-9-12(16)6-7-13(17-9)18-14(19)10-4-3-5-11(8-10)15(20)21-2/h6-7,10-11H,3-5,8H2,1-2H3,(H,17,18,19). The van der Waals surface area contributed by atoms with Gasteiger partial charge in [0, 0.05) is 10.4 Å². The number of hydrogen-bond acceptors (Lipinski definition) is 4. The molecule has 1 heterocycles. The highest BCUT2D eigenvalue weighted by molar-refractivity contribution is 9.10. The molecule has 0 radical (unpaired) electrons. The molecule has 0 aromatic carbocycles. The molecule has 2 unspecified atom stereocenters. The Balaban J connectivity index is 1.99. The van der Waals surface area contributed by atoms with Crippen LogP contribution in [0.5, 0.6) is 0 Å². The highest BCUT2D eigenvalue weighted by Gasteiger charge is 2.31. The summed E-state index contributed by atoms with van der Waals surface area (Å²) in [7, 11) is 1.39. The van der Waals surface area contributed by atoms with Crippen LogP contribution in [0.4, 0.5) is 5.82 Å². The fraction of sp³-hybridized carbons (Fsp3) is 0.533. The van der Waals surface area contributed by atoms with Gasteiger partial charge in [-0.1, -0.05) is 6.42 Å². The smallest absolute Gasteiger partial charge is 0.308 e. The van der Waals surface area contributed by atoms with Gasteiger partial charge in [-0.2, -0.15) is 0 Å². The second-order valence-corrected chi connectivity index (χ2v) is 6.19. The van der Waals surface area contributed by atoms with Crippen LogP contribution in [0.25, 0.3) is 0 Å². The van der Waals surface area contributed by atoms with Crippen LogP contribution in [-0.4, -0.2) is 24.0 Å². The summed E-state index contributed by atoms with van der Waals surface area (Å²) in [6, 6.07) is 3.62. The maximum Gasteiger partial charge on any atom is 0.308 e. The van der Waals surface area contributed by atoms with Crippen molar-refractivity contribution in [2.45, 2.75) is 32.6 Å². The number of ether oxygens (including phenoxy) is 1. The summed E-state index contributed by atoms with van der Waals surface area (Å²) in [6.45, 7) is 1.87. The Morgan fingerprint density at radius 3 is 2.71 bits per heavy atom. The van der Waals surface area contributed by atoms with Gasteiger partial charge in [0.05, 0.1) is 18.7 Å². The summed E-state index contributed by atoms with van der Waals surface area (Å²) in [5.74, 6) is -0.0726. The molecule has 6 heteroatoms. The molecule has 1 aromatic heterocycles. The van der Waals surface area contributed by atoms with Crippen molar-refractivity contribution in [1.29, 1.82) is 0 Å². The minimum Gasteiger partial charge on any atom is -0.469 e. The van der Waals surface area contributed by atoms with Gasteiger partial charge in [0.2, 0.25) is 5.91 Å². The summed E-state index contributed by atoms with van der Waals surface area (Å²) in [4.78, 5) is 28.2. The predicted octanol–water partition coefficient (Wildman–Crippen LogP) is 3.07. The van der Waals surface area contributed by atoms with Crippen LogP contribution >= 0.6 is 15.9 Å². The molecule has 0 bridgehead atoms. The van der Waals surface area contributed by atoms with Crippen molar-refractivity contribution in [3.05, 3.63) is 22.3 Å². The SMILES string of the molecule is COC(=O)C1CCCC(C(=O)Nc2ccc(Br)c(C)n2)C1. The third-order valence-electron chi connectivity index (χ3n) is 3.85. The molecule has 1 amide bonds. The second-order valence-electron chi connectivity index (χ2n) is 5.34. The average molecular weight is 355 g/mol. The zero-order chi connectivity index (χ0) is 15.4. The molecule has 21 heavy (non-hydrogen) atoms. The van der Waals surface area contributed by atoms with Crippen LogP contribution in [0.1, 0.15) is 31.4 Å². The molecule has 1 fully saturated rings. The van der Waals surface area contributed by atoms with E-state index in [1.165, 1.54) is 7.11 Å². The maximum absolute atomic E-state index is 12.3. The van der Waals surface area contributed by atoms with E-state index < -0.39 is 0 Å². The lowest BCUT2D eigenvalue weighted by atomic mass is 9.81. The topological polar surface area (TPSA) is 68.3 Å². The lowest BCUT2D eigenvalue weighted by molar-refractivity contribution is -0.147. The zero-order valence-electron chi connectivity index (χ0n) is 12.2. The van der Waals surface area contributed by atoms with Crippen molar-refractivity contribution >= 4 is 33.6 Å². The fourth-order valence-electron chi connectivity index (χ4n) is 2.65. The molecule has 5 nitrogen and oxygen atoms in total. The number of rotatable bonds is 3. The number of nitrogens with one attached hydrogen (secondary N) is 1. The van der Waals surface area contributed by atoms with Crippen molar-refractivity contribution in [3.63, 3.8) is 0 Å². The summed E-state index contributed by atoms with van der Waals surface area (Å²) in [5, 5.41) is 2.83. The number of carbonyl (C=O) groups excluding carboxylic acids is 2. The van der Waals surface area contributed by atoms with E-state index in [0.717, 1.165) is 29.4 Å². The Hall–Kier alpha value is -1.43. The number of nitrogens with zero attached hydrogens (tertiary/aromatic N) is 1. The number of carbonyl (C=O) groups is 2. The van der Waals surface area contributed by atoms with Crippen molar-refractivity contribution in [2.24, 2.45) is 11.8 Å². The molecule has 1 saturated carbocycles. The van der Waals surface area contributed by atoms with E-state index in [0.29, 0.717) is 12.2 Å². The first-order valence-corrected chi connectivity index (χ1v) is 7.82. The summed E-state index contributed by atoms with van der Waals surface area (Å²) < 4.78 is 5.68.